The predicted octanol–water partition coefficient (Wildman–Crippen LogP) is -1.82. The van der Waals surface area contributed by atoms with E-state index in [1.807, 2.05) is 0 Å². The third kappa shape index (κ3) is 6.05. The molecule has 15 heteroatoms. The second kappa shape index (κ2) is 12.7. The van der Waals surface area contributed by atoms with Crippen LogP contribution in [0.2, 0.25) is 0 Å². The minimum atomic E-state index is -1.79. The molecule has 2 fully saturated rings. The van der Waals surface area contributed by atoms with Gasteiger partial charge in [-0.3, -0.25) is 4.79 Å². The van der Waals surface area contributed by atoms with E-state index in [1.165, 1.54) is 19.4 Å². The lowest BCUT2D eigenvalue weighted by Gasteiger charge is -2.42. The van der Waals surface area contributed by atoms with Crippen molar-refractivity contribution < 1.29 is 69.0 Å². The summed E-state index contributed by atoms with van der Waals surface area (Å²) in [7, 11) is 1.51. The van der Waals surface area contributed by atoms with Gasteiger partial charge in [0.15, 0.2) is 6.29 Å². The van der Waals surface area contributed by atoms with Crippen molar-refractivity contribution in [3.63, 3.8) is 0 Å². The highest BCUT2D eigenvalue weighted by Crippen LogP contribution is 2.33. The highest BCUT2D eigenvalue weighted by Gasteiger charge is 2.48. The van der Waals surface area contributed by atoms with Gasteiger partial charge in [-0.15, -0.1) is 0 Å². The first-order valence-corrected chi connectivity index (χ1v) is 13.3. The smallest absolute Gasteiger partial charge is 0.229 e. The number of hydrogen-bond acceptors (Lipinski definition) is 15. The zero-order chi connectivity index (χ0) is 31.0. The number of benzene rings is 2. The average Bonchev–Trinajstić information content (AvgIpc) is 3.00. The van der Waals surface area contributed by atoms with Crippen molar-refractivity contribution in [3.05, 3.63) is 52.9 Å². The number of ether oxygens (including phenoxy) is 5. The molecular formula is C28H32O15. The first-order valence-electron chi connectivity index (χ1n) is 13.3. The largest absolute Gasteiger partial charge is 0.507 e. The lowest BCUT2D eigenvalue weighted by atomic mass is 9.98. The monoisotopic (exact) mass is 608 g/mol. The van der Waals surface area contributed by atoms with Crippen LogP contribution in [-0.4, -0.2) is 123 Å². The summed E-state index contributed by atoms with van der Waals surface area (Å²) in [6, 6.07) is 9.00. The molecule has 234 valence electrons. The molecule has 4 unspecified atom stereocenters. The van der Waals surface area contributed by atoms with Gasteiger partial charge in [-0.1, -0.05) is 12.1 Å². The standard InChI is InChI=1S/C28H32O15/c1-38-12-4-2-11(3-5-12)14-9-39-16-7-13(6-15(30)19(16)20(14)31)41-28-26(37)24(35)22(33)18(43-28)10-40-27-25(36)23(34)21(32)17(8-29)42-27/h2-7,9,17-18,21-30,32-37H,8,10H2,1H3/t17?,18?,21-,22-,23+,24+,25?,26?,27-,28-/m1/s1. The summed E-state index contributed by atoms with van der Waals surface area (Å²) in [5, 5.41) is 81.3. The van der Waals surface area contributed by atoms with E-state index in [9.17, 15) is 45.6 Å². The lowest BCUT2D eigenvalue weighted by Crippen LogP contribution is -2.62. The molecule has 3 heterocycles. The molecule has 2 aromatic carbocycles. The Morgan fingerprint density at radius 3 is 2.07 bits per heavy atom. The molecule has 1 aromatic heterocycles. The van der Waals surface area contributed by atoms with Crippen molar-refractivity contribution in [2.75, 3.05) is 20.3 Å². The van der Waals surface area contributed by atoms with Crippen molar-refractivity contribution in [2.24, 2.45) is 0 Å². The maximum absolute atomic E-state index is 13.2. The second-order valence-electron chi connectivity index (χ2n) is 10.2. The normalized spacial score (nSPS) is 32.9. The molecule has 10 atom stereocenters. The Morgan fingerprint density at radius 1 is 0.791 bits per heavy atom. The number of methoxy groups -OCH3 is 1. The van der Waals surface area contributed by atoms with E-state index >= 15 is 0 Å². The molecule has 5 rings (SSSR count). The minimum Gasteiger partial charge on any atom is -0.507 e. The molecule has 43 heavy (non-hydrogen) atoms. The number of fused-ring (bicyclic) bond motifs is 1. The van der Waals surface area contributed by atoms with Crippen molar-refractivity contribution in [2.45, 2.75) is 61.4 Å². The Bertz CT molecular complexity index is 1460. The average molecular weight is 609 g/mol. The van der Waals surface area contributed by atoms with Crippen LogP contribution in [0.15, 0.2) is 51.9 Å². The maximum atomic E-state index is 13.2. The van der Waals surface area contributed by atoms with E-state index < -0.39 is 85.8 Å². The van der Waals surface area contributed by atoms with Gasteiger partial charge in [0, 0.05) is 12.1 Å². The number of rotatable bonds is 8. The molecule has 0 bridgehead atoms. The SMILES string of the molecule is COc1ccc(-c2coc3cc(O[C@@H]4OC(CO[C@@H]5OC(CO)[C@@H](O)[C@H](O)C5O)[C@@H](O)[C@H](O)C4O)cc(O)c3c2=O)cc1. The fourth-order valence-electron chi connectivity index (χ4n) is 4.93. The van der Waals surface area contributed by atoms with E-state index in [0.717, 1.165) is 6.07 Å². The Kier molecular flexibility index (Phi) is 9.19. The van der Waals surface area contributed by atoms with Gasteiger partial charge in [-0.25, -0.2) is 0 Å². The predicted molar refractivity (Wildman–Crippen MR) is 143 cm³/mol. The Labute approximate surface area is 243 Å². The number of hydrogen-bond donors (Lipinski definition) is 8. The van der Waals surface area contributed by atoms with Crippen LogP contribution in [0.1, 0.15) is 0 Å². The molecule has 0 aliphatic carbocycles. The summed E-state index contributed by atoms with van der Waals surface area (Å²) in [5.41, 5.74) is 0.142. The van der Waals surface area contributed by atoms with Gasteiger partial charge in [-0.2, -0.15) is 0 Å². The summed E-state index contributed by atoms with van der Waals surface area (Å²) in [4.78, 5) is 13.2. The summed E-state index contributed by atoms with van der Waals surface area (Å²) in [6.45, 7) is -1.24. The summed E-state index contributed by atoms with van der Waals surface area (Å²) in [6.07, 6.45) is -14.8. The number of phenolic OH excluding ortho intramolecular Hbond substituents is 1. The summed E-state index contributed by atoms with van der Waals surface area (Å²) < 4.78 is 32.6. The van der Waals surface area contributed by atoms with E-state index in [4.69, 9.17) is 28.1 Å². The van der Waals surface area contributed by atoms with Gasteiger partial charge in [0.05, 0.1) is 25.9 Å². The van der Waals surface area contributed by atoms with Gasteiger partial charge in [0.2, 0.25) is 11.7 Å². The number of aromatic hydroxyl groups is 1. The molecule has 3 aromatic rings. The number of phenols is 1. The van der Waals surface area contributed by atoms with E-state index in [-0.39, 0.29) is 22.3 Å². The highest BCUT2D eigenvalue weighted by molar-refractivity contribution is 5.88. The van der Waals surface area contributed by atoms with Gasteiger partial charge in [-0.05, 0) is 17.7 Å². The van der Waals surface area contributed by atoms with Crippen LogP contribution in [-0.2, 0) is 14.2 Å². The quantitative estimate of drug-likeness (QED) is 0.140. The third-order valence-corrected chi connectivity index (χ3v) is 7.43. The summed E-state index contributed by atoms with van der Waals surface area (Å²) >= 11 is 0. The molecule has 0 spiro atoms. The molecule has 0 radical (unpaired) electrons. The third-order valence-electron chi connectivity index (χ3n) is 7.43. The molecular weight excluding hydrogens is 576 g/mol. The molecule has 0 saturated carbocycles. The second-order valence-corrected chi connectivity index (χ2v) is 10.2. The lowest BCUT2D eigenvalue weighted by molar-refractivity contribution is -0.323. The Morgan fingerprint density at radius 2 is 1.42 bits per heavy atom. The fourth-order valence-corrected chi connectivity index (χ4v) is 4.93. The molecule has 15 nitrogen and oxygen atoms in total. The van der Waals surface area contributed by atoms with Crippen LogP contribution in [0.25, 0.3) is 22.1 Å². The van der Waals surface area contributed by atoms with Gasteiger partial charge >= 0.3 is 0 Å². The van der Waals surface area contributed by atoms with Gasteiger partial charge in [0.25, 0.3) is 0 Å². The van der Waals surface area contributed by atoms with E-state index in [1.54, 1.807) is 24.3 Å². The first kappa shape index (κ1) is 31.1. The Balaban J connectivity index is 1.32. The zero-order valence-corrected chi connectivity index (χ0v) is 22.7. The van der Waals surface area contributed by atoms with Gasteiger partial charge in [0.1, 0.15) is 83.3 Å². The number of aliphatic hydroxyl groups excluding tert-OH is 7. The molecule has 2 saturated heterocycles. The van der Waals surface area contributed by atoms with E-state index in [0.29, 0.717) is 11.3 Å². The van der Waals surface area contributed by atoms with Crippen LogP contribution < -0.4 is 14.9 Å². The Hall–Kier alpha value is -3.35. The maximum Gasteiger partial charge on any atom is 0.229 e. The molecule has 0 amide bonds. The van der Waals surface area contributed by atoms with Crippen molar-refractivity contribution >= 4 is 11.0 Å². The molecule has 2 aliphatic rings. The zero-order valence-electron chi connectivity index (χ0n) is 22.7. The first-order chi connectivity index (χ1) is 20.5. The fraction of sp³-hybridized carbons (Fsp3) is 0.464. The molecule has 8 N–H and O–H groups in total. The highest BCUT2D eigenvalue weighted by atomic mass is 16.7. The van der Waals surface area contributed by atoms with Crippen molar-refractivity contribution in [1.82, 2.24) is 0 Å². The van der Waals surface area contributed by atoms with Crippen LogP contribution >= 0.6 is 0 Å². The van der Waals surface area contributed by atoms with Crippen LogP contribution in [0.3, 0.4) is 0 Å². The van der Waals surface area contributed by atoms with Crippen LogP contribution in [0, 0.1) is 0 Å². The minimum absolute atomic E-state index is 0.0503. The van der Waals surface area contributed by atoms with Crippen molar-refractivity contribution in [1.29, 1.82) is 0 Å². The topological polar surface area (TPSA) is 238 Å². The molecule has 2 aliphatic heterocycles. The van der Waals surface area contributed by atoms with Gasteiger partial charge < -0.3 is 69.0 Å². The summed E-state index contributed by atoms with van der Waals surface area (Å²) in [5.74, 6) is -0.0254. The van der Waals surface area contributed by atoms with Crippen LogP contribution in [0.4, 0.5) is 0 Å². The number of aliphatic hydroxyl groups is 7. The van der Waals surface area contributed by atoms with Crippen molar-refractivity contribution in [3.8, 4) is 28.4 Å². The van der Waals surface area contributed by atoms with Crippen LogP contribution in [0.5, 0.6) is 17.2 Å². The van der Waals surface area contributed by atoms with E-state index in [2.05, 4.69) is 0 Å².